The summed E-state index contributed by atoms with van der Waals surface area (Å²) in [6.07, 6.45) is 0.633. The summed E-state index contributed by atoms with van der Waals surface area (Å²) in [5.74, 6) is 1.11. The zero-order valence-corrected chi connectivity index (χ0v) is 20.4. The molecule has 8 nitrogen and oxygen atoms in total. The summed E-state index contributed by atoms with van der Waals surface area (Å²) in [4.78, 5) is 25.6. The smallest absolute Gasteiger partial charge is 0.341 e. The van der Waals surface area contributed by atoms with Crippen LogP contribution in [0.5, 0.6) is 5.75 Å². The second-order valence-corrected chi connectivity index (χ2v) is 9.15. The lowest BCUT2D eigenvalue weighted by molar-refractivity contribution is -0.113. The molecule has 10 heteroatoms. The fourth-order valence-electron chi connectivity index (χ4n) is 3.16. The van der Waals surface area contributed by atoms with E-state index in [9.17, 15) is 9.59 Å². The first-order valence-corrected chi connectivity index (χ1v) is 11.8. The van der Waals surface area contributed by atoms with E-state index >= 15 is 0 Å². The van der Waals surface area contributed by atoms with Crippen molar-refractivity contribution >= 4 is 40.0 Å². The molecule has 2 heterocycles. The van der Waals surface area contributed by atoms with Crippen molar-refractivity contribution in [3.8, 4) is 5.75 Å². The number of benzene rings is 1. The maximum Gasteiger partial charge on any atom is 0.341 e. The molecule has 3 rings (SSSR count). The molecule has 32 heavy (non-hydrogen) atoms. The van der Waals surface area contributed by atoms with Crippen LogP contribution < -0.4 is 10.1 Å². The van der Waals surface area contributed by atoms with Crippen LogP contribution in [0.4, 0.5) is 5.00 Å². The minimum absolute atomic E-state index is 0.150. The lowest BCUT2D eigenvalue weighted by atomic mass is 10.1. The van der Waals surface area contributed by atoms with Crippen LogP contribution in [-0.4, -0.2) is 46.6 Å². The first-order valence-electron chi connectivity index (χ1n) is 10.0. The number of esters is 1. The predicted molar refractivity (Wildman–Crippen MR) is 126 cm³/mol. The third kappa shape index (κ3) is 5.31. The maximum atomic E-state index is 12.6. The second kappa shape index (κ2) is 10.6. The molecule has 0 radical (unpaired) electrons. The molecule has 0 saturated heterocycles. The Balaban J connectivity index is 1.66. The van der Waals surface area contributed by atoms with Crippen LogP contribution in [0.15, 0.2) is 29.4 Å². The van der Waals surface area contributed by atoms with Gasteiger partial charge in [0.1, 0.15) is 16.6 Å². The van der Waals surface area contributed by atoms with Crippen LogP contribution in [-0.2, 0) is 22.5 Å². The number of hydrogen-bond acceptors (Lipinski definition) is 8. The quantitative estimate of drug-likeness (QED) is 0.369. The van der Waals surface area contributed by atoms with Gasteiger partial charge in [0, 0.05) is 17.8 Å². The highest BCUT2D eigenvalue weighted by Crippen LogP contribution is 2.33. The number of carbonyl (C=O) groups is 2. The number of nitrogens with one attached hydrogen (secondary N) is 1. The molecular weight excluding hydrogens is 448 g/mol. The molecule has 0 aliphatic carbocycles. The molecule has 0 bridgehead atoms. The normalized spacial score (nSPS) is 10.8. The Morgan fingerprint density at radius 1 is 1.16 bits per heavy atom. The molecule has 0 aliphatic rings. The topological polar surface area (TPSA) is 95.3 Å². The molecule has 0 aliphatic heterocycles. The van der Waals surface area contributed by atoms with E-state index in [1.54, 1.807) is 7.11 Å². The number of methoxy groups -OCH3 is 2. The minimum Gasteiger partial charge on any atom is -0.497 e. The standard InChI is InChI=1S/C22H26N4O4S2/c1-6-26-17(11-15-7-9-16(29-4)10-8-15)24-25-22(26)31-12-18(27)23-20-19(21(28)30-5)13(2)14(3)32-20/h7-10H,6,11-12H2,1-5H3,(H,23,27). The van der Waals surface area contributed by atoms with Gasteiger partial charge in [0.05, 0.1) is 25.5 Å². The number of aryl methyl sites for hydroxylation is 1. The van der Waals surface area contributed by atoms with Crippen molar-refractivity contribution in [3.63, 3.8) is 0 Å². The Bertz CT molecular complexity index is 1110. The van der Waals surface area contributed by atoms with Crippen LogP contribution in [0.2, 0.25) is 0 Å². The average molecular weight is 475 g/mol. The predicted octanol–water partition coefficient (Wildman–Crippen LogP) is 4.09. The fraction of sp³-hybridized carbons (Fsp3) is 0.364. The van der Waals surface area contributed by atoms with E-state index in [0.29, 0.717) is 28.7 Å². The van der Waals surface area contributed by atoms with Gasteiger partial charge in [0.2, 0.25) is 5.91 Å². The van der Waals surface area contributed by atoms with E-state index in [-0.39, 0.29) is 11.7 Å². The average Bonchev–Trinajstić information content (AvgIpc) is 3.31. The molecule has 170 valence electrons. The first-order chi connectivity index (χ1) is 15.4. The van der Waals surface area contributed by atoms with E-state index < -0.39 is 5.97 Å². The lowest BCUT2D eigenvalue weighted by Crippen LogP contribution is -2.16. The number of thiophene rings is 1. The van der Waals surface area contributed by atoms with Crippen LogP contribution in [0.3, 0.4) is 0 Å². The lowest BCUT2D eigenvalue weighted by Gasteiger charge is -2.08. The Morgan fingerprint density at radius 3 is 2.50 bits per heavy atom. The van der Waals surface area contributed by atoms with Crippen molar-refractivity contribution in [2.75, 3.05) is 25.3 Å². The van der Waals surface area contributed by atoms with E-state index in [0.717, 1.165) is 27.6 Å². The summed E-state index contributed by atoms with van der Waals surface area (Å²) in [5.41, 5.74) is 2.33. The van der Waals surface area contributed by atoms with Gasteiger partial charge in [-0.1, -0.05) is 23.9 Å². The van der Waals surface area contributed by atoms with E-state index in [4.69, 9.17) is 9.47 Å². The zero-order valence-electron chi connectivity index (χ0n) is 18.7. The summed E-state index contributed by atoms with van der Waals surface area (Å²) >= 11 is 2.68. The highest BCUT2D eigenvalue weighted by molar-refractivity contribution is 7.99. The Hall–Kier alpha value is -2.85. The molecular formula is C22H26N4O4S2. The molecule has 1 aromatic carbocycles. The van der Waals surface area contributed by atoms with Crippen molar-refractivity contribution in [2.24, 2.45) is 0 Å². The highest BCUT2D eigenvalue weighted by atomic mass is 32.2. The second-order valence-electron chi connectivity index (χ2n) is 6.98. The minimum atomic E-state index is -0.455. The molecule has 0 unspecified atom stereocenters. The van der Waals surface area contributed by atoms with Crippen molar-refractivity contribution < 1.29 is 19.1 Å². The molecule has 2 aromatic heterocycles. The Kier molecular flexibility index (Phi) is 7.92. The van der Waals surface area contributed by atoms with Gasteiger partial charge < -0.3 is 19.4 Å². The number of amides is 1. The highest BCUT2D eigenvalue weighted by Gasteiger charge is 2.22. The molecule has 1 N–H and O–H groups in total. The van der Waals surface area contributed by atoms with Crippen LogP contribution in [0.1, 0.15) is 39.1 Å². The molecule has 0 atom stereocenters. The van der Waals surface area contributed by atoms with Gasteiger partial charge in [-0.25, -0.2) is 4.79 Å². The third-order valence-corrected chi connectivity index (χ3v) is 7.08. The molecule has 1 amide bonds. The number of hydrogen-bond donors (Lipinski definition) is 1. The zero-order chi connectivity index (χ0) is 23.3. The van der Waals surface area contributed by atoms with Crippen molar-refractivity contribution in [1.29, 1.82) is 0 Å². The van der Waals surface area contributed by atoms with Gasteiger partial charge in [-0.3, -0.25) is 4.79 Å². The molecule has 0 spiro atoms. The summed E-state index contributed by atoms with van der Waals surface area (Å²) in [6.45, 7) is 6.46. The van der Waals surface area contributed by atoms with Gasteiger partial charge in [0.25, 0.3) is 0 Å². The Labute approximate surface area is 195 Å². The number of ether oxygens (including phenoxy) is 2. The van der Waals surface area contributed by atoms with Crippen molar-refractivity contribution in [3.05, 3.63) is 51.7 Å². The molecule has 0 saturated carbocycles. The van der Waals surface area contributed by atoms with Gasteiger partial charge in [-0.05, 0) is 44.0 Å². The molecule has 0 fully saturated rings. The third-order valence-electron chi connectivity index (χ3n) is 4.99. The number of anilines is 1. The maximum absolute atomic E-state index is 12.6. The number of carbonyl (C=O) groups excluding carboxylic acids is 2. The summed E-state index contributed by atoms with van der Waals surface area (Å²) in [7, 11) is 2.97. The molecule has 3 aromatic rings. The van der Waals surface area contributed by atoms with Crippen LogP contribution in [0, 0.1) is 13.8 Å². The van der Waals surface area contributed by atoms with Gasteiger partial charge in [-0.2, -0.15) is 0 Å². The van der Waals surface area contributed by atoms with Crippen LogP contribution in [0.25, 0.3) is 0 Å². The van der Waals surface area contributed by atoms with E-state index in [1.807, 2.05) is 49.6 Å². The SMILES string of the molecule is CCn1c(Cc2ccc(OC)cc2)nnc1SCC(=O)Nc1sc(C)c(C)c1C(=O)OC. The van der Waals surface area contributed by atoms with Gasteiger partial charge in [0.15, 0.2) is 5.16 Å². The van der Waals surface area contributed by atoms with Gasteiger partial charge >= 0.3 is 5.97 Å². The number of nitrogens with zero attached hydrogens (tertiary/aromatic N) is 3. The summed E-state index contributed by atoms with van der Waals surface area (Å²) in [6, 6.07) is 7.83. The summed E-state index contributed by atoms with van der Waals surface area (Å²) < 4.78 is 12.1. The van der Waals surface area contributed by atoms with E-state index in [1.165, 1.54) is 30.2 Å². The van der Waals surface area contributed by atoms with Gasteiger partial charge in [-0.15, -0.1) is 21.5 Å². The fourth-order valence-corrected chi connectivity index (χ4v) is 5.04. The van der Waals surface area contributed by atoms with Crippen molar-refractivity contribution in [1.82, 2.24) is 14.8 Å². The number of rotatable bonds is 9. The monoisotopic (exact) mass is 474 g/mol. The Morgan fingerprint density at radius 2 is 1.88 bits per heavy atom. The number of thioether (sulfide) groups is 1. The van der Waals surface area contributed by atoms with Crippen molar-refractivity contribution in [2.45, 2.75) is 38.9 Å². The summed E-state index contributed by atoms with van der Waals surface area (Å²) in [5, 5.41) is 12.6. The van der Waals surface area contributed by atoms with Crippen LogP contribution >= 0.6 is 23.1 Å². The number of aromatic nitrogens is 3. The van der Waals surface area contributed by atoms with E-state index in [2.05, 4.69) is 15.5 Å². The first kappa shape index (κ1) is 23.8. The largest absolute Gasteiger partial charge is 0.497 e.